The first-order chi connectivity index (χ1) is 11.8. The van der Waals surface area contributed by atoms with E-state index in [1.807, 2.05) is 36.4 Å². The standard InChI is InChI=1S/C18H19N5O/c1-13-2-4-14(5-3-13)17-21-18(24-22-17)15-6-7-20-16(12-15)23-10-8-19-9-11-23/h2-7,12,19H,8-11H2,1H3. The minimum Gasteiger partial charge on any atom is -0.354 e. The van der Waals surface area contributed by atoms with Gasteiger partial charge in [-0.05, 0) is 19.1 Å². The lowest BCUT2D eigenvalue weighted by Crippen LogP contribution is -2.43. The molecule has 0 spiro atoms. The molecule has 0 bridgehead atoms. The van der Waals surface area contributed by atoms with Crippen LogP contribution in [0.5, 0.6) is 0 Å². The molecule has 1 aromatic carbocycles. The van der Waals surface area contributed by atoms with Crippen LogP contribution in [0.2, 0.25) is 0 Å². The highest BCUT2D eigenvalue weighted by molar-refractivity contribution is 5.62. The molecule has 1 N–H and O–H groups in total. The lowest BCUT2D eigenvalue weighted by atomic mass is 10.1. The van der Waals surface area contributed by atoms with Gasteiger partial charge < -0.3 is 14.7 Å². The van der Waals surface area contributed by atoms with Gasteiger partial charge in [-0.2, -0.15) is 4.98 Å². The van der Waals surface area contributed by atoms with E-state index in [2.05, 4.69) is 32.3 Å². The maximum Gasteiger partial charge on any atom is 0.258 e. The number of piperazine rings is 1. The lowest BCUT2D eigenvalue weighted by Gasteiger charge is -2.28. The lowest BCUT2D eigenvalue weighted by molar-refractivity contribution is 0.432. The van der Waals surface area contributed by atoms with E-state index in [1.165, 1.54) is 5.56 Å². The second-order valence-corrected chi connectivity index (χ2v) is 5.93. The number of aryl methyl sites for hydroxylation is 1. The van der Waals surface area contributed by atoms with Gasteiger partial charge in [-0.3, -0.25) is 0 Å². The Balaban J connectivity index is 1.61. The van der Waals surface area contributed by atoms with Gasteiger partial charge >= 0.3 is 0 Å². The Morgan fingerprint density at radius 3 is 2.62 bits per heavy atom. The van der Waals surface area contributed by atoms with Crippen molar-refractivity contribution in [3.63, 3.8) is 0 Å². The van der Waals surface area contributed by atoms with E-state index in [9.17, 15) is 0 Å². The van der Waals surface area contributed by atoms with Gasteiger partial charge in [-0.15, -0.1) is 0 Å². The molecule has 0 amide bonds. The number of hydrogen-bond donors (Lipinski definition) is 1. The Kier molecular flexibility index (Phi) is 3.96. The number of nitrogens with zero attached hydrogens (tertiary/aromatic N) is 4. The van der Waals surface area contributed by atoms with E-state index in [0.717, 1.165) is 43.1 Å². The summed E-state index contributed by atoms with van der Waals surface area (Å²) in [6.07, 6.45) is 1.79. The maximum absolute atomic E-state index is 5.46. The van der Waals surface area contributed by atoms with Crippen LogP contribution in [0.4, 0.5) is 5.82 Å². The summed E-state index contributed by atoms with van der Waals surface area (Å²) in [6.45, 7) is 5.91. The van der Waals surface area contributed by atoms with Crippen molar-refractivity contribution >= 4 is 5.82 Å². The second-order valence-electron chi connectivity index (χ2n) is 5.93. The van der Waals surface area contributed by atoms with E-state index in [0.29, 0.717) is 11.7 Å². The molecular formula is C18H19N5O. The molecule has 0 radical (unpaired) electrons. The van der Waals surface area contributed by atoms with E-state index in [4.69, 9.17) is 4.52 Å². The number of benzene rings is 1. The predicted octanol–water partition coefficient (Wildman–Crippen LogP) is 2.52. The van der Waals surface area contributed by atoms with Crippen molar-refractivity contribution < 1.29 is 4.52 Å². The van der Waals surface area contributed by atoms with Crippen molar-refractivity contribution in [3.8, 4) is 22.8 Å². The van der Waals surface area contributed by atoms with Gasteiger partial charge in [0.2, 0.25) is 5.82 Å². The zero-order valence-corrected chi connectivity index (χ0v) is 13.6. The third-order valence-electron chi connectivity index (χ3n) is 4.17. The molecule has 122 valence electrons. The van der Waals surface area contributed by atoms with Crippen LogP contribution >= 0.6 is 0 Å². The normalized spacial score (nSPS) is 14.8. The van der Waals surface area contributed by atoms with Crippen molar-refractivity contribution in [2.45, 2.75) is 6.92 Å². The van der Waals surface area contributed by atoms with Crippen molar-refractivity contribution in [2.75, 3.05) is 31.1 Å². The SMILES string of the molecule is Cc1ccc(-c2noc(-c3ccnc(N4CCNCC4)c3)n2)cc1. The number of nitrogens with one attached hydrogen (secondary N) is 1. The summed E-state index contributed by atoms with van der Waals surface area (Å²) >= 11 is 0. The molecular weight excluding hydrogens is 302 g/mol. The van der Waals surface area contributed by atoms with Crippen LogP contribution < -0.4 is 10.2 Å². The molecule has 1 aliphatic heterocycles. The van der Waals surface area contributed by atoms with E-state index in [1.54, 1.807) is 6.20 Å². The summed E-state index contributed by atoms with van der Waals surface area (Å²) in [4.78, 5) is 11.3. The topological polar surface area (TPSA) is 67.1 Å². The van der Waals surface area contributed by atoms with Gasteiger partial charge in [0.25, 0.3) is 5.89 Å². The van der Waals surface area contributed by atoms with Crippen LogP contribution in [-0.4, -0.2) is 41.3 Å². The molecule has 6 nitrogen and oxygen atoms in total. The van der Waals surface area contributed by atoms with Gasteiger partial charge in [0, 0.05) is 43.5 Å². The highest BCUT2D eigenvalue weighted by Gasteiger charge is 2.15. The van der Waals surface area contributed by atoms with Crippen molar-refractivity contribution in [1.82, 2.24) is 20.4 Å². The molecule has 3 aromatic rings. The Bertz CT molecular complexity index is 821. The van der Waals surface area contributed by atoms with Gasteiger partial charge in [0.05, 0.1) is 0 Å². The van der Waals surface area contributed by atoms with Crippen molar-refractivity contribution in [1.29, 1.82) is 0 Å². The largest absolute Gasteiger partial charge is 0.354 e. The predicted molar refractivity (Wildman–Crippen MR) is 92.8 cm³/mol. The zero-order valence-electron chi connectivity index (χ0n) is 13.6. The average Bonchev–Trinajstić information content (AvgIpc) is 3.13. The van der Waals surface area contributed by atoms with Crippen LogP contribution in [0.1, 0.15) is 5.56 Å². The molecule has 0 unspecified atom stereocenters. The maximum atomic E-state index is 5.46. The Labute approximate surface area is 140 Å². The Hall–Kier alpha value is -2.73. The monoisotopic (exact) mass is 321 g/mol. The molecule has 24 heavy (non-hydrogen) atoms. The Morgan fingerprint density at radius 2 is 1.83 bits per heavy atom. The molecule has 1 fully saturated rings. The number of rotatable bonds is 3. The number of hydrogen-bond acceptors (Lipinski definition) is 6. The van der Waals surface area contributed by atoms with E-state index >= 15 is 0 Å². The van der Waals surface area contributed by atoms with Crippen molar-refractivity contribution in [2.24, 2.45) is 0 Å². The minimum absolute atomic E-state index is 0.518. The summed E-state index contributed by atoms with van der Waals surface area (Å²) in [5.41, 5.74) is 3.05. The molecule has 0 aliphatic carbocycles. The van der Waals surface area contributed by atoms with Gasteiger partial charge in [-0.1, -0.05) is 35.0 Å². The summed E-state index contributed by atoms with van der Waals surface area (Å²) in [5, 5.41) is 7.45. The first kappa shape index (κ1) is 14.8. The molecule has 6 heteroatoms. The first-order valence-corrected chi connectivity index (χ1v) is 8.12. The molecule has 1 saturated heterocycles. The number of anilines is 1. The van der Waals surface area contributed by atoms with Crippen LogP contribution in [0, 0.1) is 6.92 Å². The summed E-state index contributed by atoms with van der Waals surface area (Å²) < 4.78 is 5.46. The van der Waals surface area contributed by atoms with E-state index in [-0.39, 0.29) is 0 Å². The zero-order chi connectivity index (χ0) is 16.4. The quantitative estimate of drug-likeness (QED) is 0.799. The molecule has 1 aliphatic rings. The van der Waals surface area contributed by atoms with Crippen LogP contribution in [0.3, 0.4) is 0 Å². The fraction of sp³-hybridized carbons (Fsp3) is 0.278. The van der Waals surface area contributed by atoms with Gasteiger partial charge in [0.1, 0.15) is 5.82 Å². The first-order valence-electron chi connectivity index (χ1n) is 8.12. The minimum atomic E-state index is 0.518. The average molecular weight is 321 g/mol. The highest BCUT2D eigenvalue weighted by atomic mass is 16.5. The van der Waals surface area contributed by atoms with E-state index < -0.39 is 0 Å². The summed E-state index contributed by atoms with van der Waals surface area (Å²) in [5.74, 6) is 2.07. The number of aromatic nitrogens is 3. The number of pyridine rings is 1. The van der Waals surface area contributed by atoms with Gasteiger partial charge in [-0.25, -0.2) is 4.98 Å². The third-order valence-corrected chi connectivity index (χ3v) is 4.17. The van der Waals surface area contributed by atoms with Crippen LogP contribution in [-0.2, 0) is 0 Å². The molecule has 0 saturated carbocycles. The van der Waals surface area contributed by atoms with Crippen molar-refractivity contribution in [3.05, 3.63) is 48.2 Å². The van der Waals surface area contributed by atoms with Crippen LogP contribution in [0.25, 0.3) is 22.8 Å². The molecule has 3 heterocycles. The second kappa shape index (κ2) is 6.41. The molecule has 4 rings (SSSR count). The Morgan fingerprint density at radius 1 is 1.04 bits per heavy atom. The van der Waals surface area contributed by atoms with Crippen LogP contribution in [0.15, 0.2) is 47.1 Å². The molecule has 0 atom stereocenters. The third kappa shape index (κ3) is 3.00. The fourth-order valence-corrected chi connectivity index (χ4v) is 2.78. The summed E-state index contributed by atoms with van der Waals surface area (Å²) in [6, 6.07) is 12.0. The highest BCUT2D eigenvalue weighted by Crippen LogP contribution is 2.24. The molecule has 2 aromatic heterocycles. The summed E-state index contributed by atoms with van der Waals surface area (Å²) in [7, 11) is 0. The fourth-order valence-electron chi connectivity index (χ4n) is 2.78. The van der Waals surface area contributed by atoms with Gasteiger partial charge in [0.15, 0.2) is 0 Å². The smallest absolute Gasteiger partial charge is 0.258 e.